The molecule has 0 saturated carbocycles. The van der Waals surface area contributed by atoms with E-state index < -0.39 is 0 Å². The number of rotatable bonds is 2. The van der Waals surface area contributed by atoms with Crippen LogP contribution in [0.2, 0.25) is 0 Å². The van der Waals surface area contributed by atoms with E-state index in [4.69, 9.17) is 0 Å². The maximum absolute atomic E-state index is 4.57. The number of alkyl halides is 1. The highest BCUT2D eigenvalue weighted by molar-refractivity contribution is 9.08. The zero-order valence-corrected chi connectivity index (χ0v) is 9.58. The highest BCUT2D eigenvalue weighted by atomic mass is 79.9. The molecule has 2 nitrogen and oxygen atoms in total. The number of hydrogen-bond donors (Lipinski definition) is 0. The molecule has 0 fully saturated rings. The van der Waals surface area contributed by atoms with Crippen molar-refractivity contribution in [2.24, 2.45) is 0 Å². The second kappa shape index (κ2) is 4.05. The molecular formula is C11H11BrN2. The Kier molecular flexibility index (Phi) is 2.77. The van der Waals surface area contributed by atoms with E-state index >= 15 is 0 Å². The van der Waals surface area contributed by atoms with Gasteiger partial charge in [0.15, 0.2) is 0 Å². The molecule has 2 aromatic rings. The number of benzene rings is 1. The van der Waals surface area contributed by atoms with E-state index in [1.807, 2.05) is 24.3 Å². The molecule has 1 aromatic carbocycles. The molecule has 1 heterocycles. The van der Waals surface area contributed by atoms with Crippen LogP contribution in [-0.4, -0.2) is 9.97 Å². The van der Waals surface area contributed by atoms with E-state index in [-0.39, 0.29) is 0 Å². The van der Waals surface area contributed by atoms with Crippen LogP contribution in [0, 0.1) is 0 Å². The lowest BCUT2D eigenvalue weighted by atomic mass is 10.2. The van der Waals surface area contributed by atoms with Crippen LogP contribution >= 0.6 is 15.9 Å². The van der Waals surface area contributed by atoms with Crippen LogP contribution < -0.4 is 0 Å². The van der Waals surface area contributed by atoms with E-state index in [0.29, 0.717) is 0 Å². The van der Waals surface area contributed by atoms with Crippen molar-refractivity contribution >= 4 is 27.0 Å². The average Bonchev–Trinajstić information content (AvgIpc) is 2.27. The summed E-state index contributed by atoms with van der Waals surface area (Å²) in [5.41, 5.74) is 4.08. The fourth-order valence-corrected chi connectivity index (χ4v) is 1.91. The van der Waals surface area contributed by atoms with Crippen molar-refractivity contribution in [2.45, 2.75) is 18.7 Å². The molecule has 0 atom stereocenters. The van der Waals surface area contributed by atoms with Crippen molar-refractivity contribution < 1.29 is 0 Å². The summed E-state index contributed by atoms with van der Waals surface area (Å²) in [5, 5.41) is 0.772. The van der Waals surface area contributed by atoms with Gasteiger partial charge in [-0.3, -0.25) is 0 Å². The van der Waals surface area contributed by atoms with Gasteiger partial charge in [-0.25, -0.2) is 9.97 Å². The molecule has 72 valence electrons. The minimum Gasteiger partial charge on any atom is -0.249 e. The van der Waals surface area contributed by atoms with Crippen LogP contribution in [-0.2, 0) is 11.8 Å². The zero-order chi connectivity index (χ0) is 9.97. The number of para-hydroxylation sites is 2. The first-order valence-corrected chi connectivity index (χ1v) is 5.77. The Morgan fingerprint density at radius 1 is 1.07 bits per heavy atom. The minimum absolute atomic E-state index is 0.772. The van der Waals surface area contributed by atoms with Crippen molar-refractivity contribution in [3.05, 3.63) is 35.7 Å². The molecular weight excluding hydrogens is 240 g/mol. The van der Waals surface area contributed by atoms with Crippen molar-refractivity contribution in [3.8, 4) is 0 Å². The standard InChI is InChI=1S/C11H11BrN2/c1-2-8-11(7-12)14-10-6-4-3-5-9(10)13-8/h3-6H,2,7H2,1H3. The fourth-order valence-electron chi connectivity index (χ4n) is 1.46. The van der Waals surface area contributed by atoms with Crippen molar-refractivity contribution in [2.75, 3.05) is 0 Å². The van der Waals surface area contributed by atoms with Gasteiger partial charge in [0.2, 0.25) is 0 Å². The molecule has 0 N–H and O–H groups in total. The molecule has 0 amide bonds. The van der Waals surface area contributed by atoms with E-state index in [0.717, 1.165) is 34.2 Å². The zero-order valence-electron chi connectivity index (χ0n) is 8.00. The fraction of sp³-hybridized carbons (Fsp3) is 0.273. The summed E-state index contributed by atoms with van der Waals surface area (Å²) in [6.07, 6.45) is 0.929. The van der Waals surface area contributed by atoms with Gasteiger partial charge in [-0.1, -0.05) is 35.0 Å². The Labute approximate surface area is 91.5 Å². The first-order chi connectivity index (χ1) is 6.85. The lowest BCUT2D eigenvalue weighted by Gasteiger charge is -2.04. The molecule has 2 rings (SSSR count). The minimum atomic E-state index is 0.772. The van der Waals surface area contributed by atoms with Gasteiger partial charge in [-0.15, -0.1) is 0 Å². The first-order valence-electron chi connectivity index (χ1n) is 4.65. The maximum atomic E-state index is 4.57. The molecule has 0 spiro atoms. The van der Waals surface area contributed by atoms with Crippen LogP contribution in [0.3, 0.4) is 0 Å². The second-order valence-electron chi connectivity index (χ2n) is 3.09. The van der Waals surface area contributed by atoms with Crippen molar-refractivity contribution in [3.63, 3.8) is 0 Å². The van der Waals surface area contributed by atoms with Gasteiger partial charge < -0.3 is 0 Å². The molecule has 0 saturated heterocycles. The largest absolute Gasteiger partial charge is 0.249 e. The van der Waals surface area contributed by atoms with Crippen molar-refractivity contribution in [1.29, 1.82) is 0 Å². The van der Waals surface area contributed by atoms with E-state index in [1.54, 1.807) is 0 Å². The number of fused-ring (bicyclic) bond motifs is 1. The molecule has 0 aliphatic heterocycles. The normalized spacial score (nSPS) is 10.7. The molecule has 0 bridgehead atoms. The lowest BCUT2D eigenvalue weighted by molar-refractivity contribution is 0.984. The predicted octanol–water partition coefficient (Wildman–Crippen LogP) is 3.09. The molecule has 0 radical (unpaired) electrons. The number of aryl methyl sites for hydroxylation is 1. The topological polar surface area (TPSA) is 25.8 Å². The average molecular weight is 251 g/mol. The molecule has 0 aliphatic rings. The third-order valence-electron chi connectivity index (χ3n) is 2.19. The summed E-state index contributed by atoms with van der Waals surface area (Å²) in [4.78, 5) is 9.13. The van der Waals surface area contributed by atoms with Gasteiger partial charge >= 0.3 is 0 Å². The summed E-state index contributed by atoms with van der Waals surface area (Å²) in [6.45, 7) is 2.10. The van der Waals surface area contributed by atoms with E-state index in [1.165, 1.54) is 0 Å². The Morgan fingerprint density at radius 3 is 2.14 bits per heavy atom. The quantitative estimate of drug-likeness (QED) is 0.766. The maximum Gasteiger partial charge on any atom is 0.0890 e. The third-order valence-corrected chi connectivity index (χ3v) is 2.72. The predicted molar refractivity (Wildman–Crippen MR) is 61.5 cm³/mol. The summed E-state index contributed by atoms with van der Waals surface area (Å²) in [7, 11) is 0. The van der Waals surface area contributed by atoms with Crippen molar-refractivity contribution in [1.82, 2.24) is 9.97 Å². The van der Waals surface area contributed by atoms with Crippen LogP contribution in [0.25, 0.3) is 11.0 Å². The summed E-state index contributed by atoms with van der Waals surface area (Å²) >= 11 is 3.43. The van der Waals surface area contributed by atoms with E-state index in [2.05, 4.69) is 32.8 Å². The molecule has 14 heavy (non-hydrogen) atoms. The van der Waals surface area contributed by atoms with Crippen LogP contribution in [0.5, 0.6) is 0 Å². The summed E-state index contributed by atoms with van der Waals surface area (Å²) < 4.78 is 0. The number of hydrogen-bond acceptors (Lipinski definition) is 2. The SMILES string of the molecule is CCc1nc2ccccc2nc1CBr. The van der Waals surface area contributed by atoms with Crippen LogP contribution in [0.4, 0.5) is 0 Å². The Bertz CT molecular complexity index is 411. The van der Waals surface area contributed by atoms with Gasteiger partial charge in [0.05, 0.1) is 22.4 Å². The van der Waals surface area contributed by atoms with E-state index in [9.17, 15) is 0 Å². The van der Waals surface area contributed by atoms with Gasteiger partial charge in [0, 0.05) is 5.33 Å². The summed E-state index contributed by atoms with van der Waals surface area (Å²) in [6, 6.07) is 7.97. The Balaban J connectivity index is 2.69. The molecule has 0 aliphatic carbocycles. The smallest absolute Gasteiger partial charge is 0.0890 e. The van der Waals surface area contributed by atoms with Gasteiger partial charge in [0.25, 0.3) is 0 Å². The third kappa shape index (κ3) is 1.64. The number of halogens is 1. The Hall–Kier alpha value is -0.960. The molecule has 3 heteroatoms. The van der Waals surface area contributed by atoms with Gasteiger partial charge in [-0.05, 0) is 18.6 Å². The highest BCUT2D eigenvalue weighted by Crippen LogP contribution is 2.15. The second-order valence-corrected chi connectivity index (χ2v) is 3.65. The molecule has 0 unspecified atom stereocenters. The number of nitrogens with zero attached hydrogens (tertiary/aromatic N) is 2. The number of aromatic nitrogens is 2. The van der Waals surface area contributed by atoms with Gasteiger partial charge in [-0.2, -0.15) is 0 Å². The highest BCUT2D eigenvalue weighted by Gasteiger charge is 2.04. The Morgan fingerprint density at radius 2 is 1.64 bits per heavy atom. The lowest BCUT2D eigenvalue weighted by Crippen LogP contribution is -1.98. The van der Waals surface area contributed by atoms with Crippen LogP contribution in [0.15, 0.2) is 24.3 Å². The monoisotopic (exact) mass is 250 g/mol. The molecule has 1 aromatic heterocycles. The summed E-state index contributed by atoms with van der Waals surface area (Å²) in [5.74, 6) is 0. The van der Waals surface area contributed by atoms with Gasteiger partial charge in [0.1, 0.15) is 0 Å². The van der Waals surface area contributed by atoms with Crippen LogP contribution in [0.1, 0.15) is 18.3 Å². The first kappa shape index (κ1) is 9.59.